The molecular weight excluding hydrogens is 307 g/mol. The Morgan fingerprint density at radius 2 is 2.20 bits per heavy atom. The van der Waals surface area contributed by atoms with E-state index in [1.165, 1.54) is 18.2 Å². The summed E-state index contributed by atoms with van der Waals surface area (Å²) in [6.07, 6.45) is 1.48. The van der Waals surface area contributed by atoms with Gasteiger partial charge in [0.2, 0.25) is 0 Å². The Balaban J connectivity index is 1.85. The van der Waals surface area contributed by atoms with E-state index in [2.05, 4.69) is 0 Å². The van der Waals surface area contributed by atoms with Crippen molar-refractivity contribution in [2.24, 2.45) is 5.92 Å². The van der Waals surface area contributed by atoms with Gasteiger partial charge in [-0.25, -0.2) is 12.8 Å². The number of benzene rings is 1. The second kappa shape index (κ2) is 5.93. The van der Waals surface area contributed by atoms with Crippen LogP contribution < -0.4 is 0 Å². The third-order valence-electron chi connectivity index (χ3n) is 2.84. The Kier molecular flexibility index (Phi) is 4.45. The maximum Gasteiger partial charge on any atom is 0.306 e. The summed E-state index contributed by atoms with van der Waals surface area (Å²) >= 11 is 5.80. The second-order valence-corrected chi connectivity index (χ2v) is 6.86. The fraction of sp³-hybridized carbons (Fsp3) is 0.308. The highest BCUT2D eigenvalue weighted by Gasteiger charge is 2.24. The number of allylic oxidation sites excluding steroid dienone is 1. The molecule has 0 spiro atoms. The van der Waals surface area contributed by atoms with E-state index in [0.717, 1.165) is 11.5 Å². The fourth-order valence-corrected chi connectivity index (χ4v) is 3.46. The minimum Gasteiger partial charge on any atom is -0.461 e. The quantitative estimate of drug-likeness (QED) is 0.800. The zero-order valence-electron chi connectivity index (χ0n) is 10.4. The van der Waals surface area contributed by atoms with Gasteiger partial charge in [0.1, 0.15) is 12.4 Å². The molecule has 1 heterocycles. The largest absolute Gasteiger partial charge is 0.461 e. The molecule has 1 aromatic rings. The number of hydrogen-bond donors (Lipinski definition) is 0. The van der Waals surface area contributed by atoms with Gasteiger partial charge < -0.3 is 4.74 Å². The molecule has 0 N–H and O–H groups in total. The van der Waals surface area contributed by atoms with Gasteiger partial charge in [0.25, 0.3) is 0 Å². The maximum absolute atomic E-state index is 12.8. The predicted molar refractivity (Wildman–Crippen MR) is 72.2 cm³/mol. The highest BCUT2D eigenvalue weighted by Crippen LogP contribution is 2.21. The minimum atomic E-state index is -3.17. The lowest BCUT2D eigenvalue weighted by atomic mass is 10.1. The van der Waals surface area contributed by atoms with E-state index in [0.29, 0.717) is 5.56 Å². The van der Waals surface area contributed by atoms with E-state index in [1.54, 1.807) is 0 Å². The van der Waals surface area contributed by atoms with Crippen molar-refractivity contribution in [1.82, 2.24) is 0 Å². The predicted octanol–water partition coefficient (Wildman–Crippen LogP) is 2.47. The van der Waals surface area contributed by atoms with Gasteiger partial charge >= 0.3 is 5.97 Å². The van der Waals surface area contributed by atoms with Crippen molar-refractivity contribution >= 4 is 27.4 Å². The molecule has 20 heavy (non-hydrogen) atoms. The molecule has 0 amide bonds. The second-order valence-electron chi connectivity index (χ2n) is 4.52. The lowest BCUT2D eigenvalue weighted by Gasteiger charge is -2.08. The number of sulfone groups is 1. The van der Waals surface area contributed by atoms with Gasteiger partial charge in [-0.15, -0.1) is 0 Å². The van der Waals surface area contributed by atoms with Crippen LogP contribution in [0.2, 0.25) is 5.02 Å². The Morgan fingerprint density at radius 3 is 2.80 bits per heavy atom. The highest BCUT2D eigenvalue weighted by atomic mass is 35.5. The molecule has 4 nitrogen and oxygen atoms in total. The molecule has 1 aliphatic heterocycles. The van der Waals surface area contributed by atoms with Crippen LogP contribution >= 0.6 is 11.6 Å². The molecular formula is C13H12ClFO4S. The van der Waals surface area contributed by atoms with Crippen molar-refractivity contribution in [3.05, 3.63) is 46.1 Å². The summed E-state index contributed by atoms with van der Waals surface area (Å²) in [4.78, 5) is 11.6. The van der Waals surface area contributed by atoms with Gasteiger partial charge in [0, 0.05) is 16.9 Å². The van der Waals surface area contributed by atoms with Gasteiger partial charge in [-0.1, -0.05) is 23.7 Å². The van der Waals surface area contributed by atoms with Crippen molar-refractivity contribution in [2.75, 3.05) is 5.75 Å². The molecule has 0 saturated heterocycles. The molecule has 108 valence electrons. The number of ether oxygens (including phenoxy) is 1. The number of carbonyl (C=O) groups is 1. The van der Waals surface area contributed by atoms with Crippen LogP contribution in [0.4, 0.5) is 4.39 Å². The first-order valence-corrected chi connectivity index (χ1v) is 7.95. The van der Waals surface area contributed by atoms with E-state index in [9.17, 15) is 17.6 Å². The van der Waals surface area contributed by atoms with Crippen LogP contribution in [0.5, 0.6) is 0 Å². The molecule has 0 radical (unpaired) electrons. The number of esters is 1. The summed E-state index contributed by atoms with van der Waals surface area (Å²) in [6, 6.07) is 3.79. The zero-order valence-corrected chi connectivity index (χ0v) is 12.0. The lowest BCUT2D eigenvalue weighted by Crippen LogP contribution is -2.13. The zero-order chi connectivity index (χ0) is 14.8. The van der Waals surface area contributed by atoms with E-state index < -0.39 is 21.6 Å². The average Bonchev–Trinajstić information content (AvgIpc) is 2.67. The van der Waals surface area contributed by atoms with E-state index >= 15 is 0 Å². The summed E-state index contributed by atoms with van der Waals surface area (Å²) in [5.41, 5.74) is 0.496. The highest BCUT2D eigenvalue weighted by molar-refractivity contribution is 7.94. The molecule has 0 aliphatic carbocycles. The van der Waals surface area contributed by atoms with Gasteiger partial charge in [-0.3, -0.25) is 4.79 Å². The molecule has 0 saturated carbocycles. The van der Waals surface area contributed by atoms with Gasteiger partial charge in [-0.2, -0.15) is 0 Å². The molecule has 0 fully saturated rings. The molecule has 0 unspecified atom stereocenters. The summed E-state index contributed by atoms with van der Waals surface area (Å²) in [5, 5.41) is 1.29. The van der Waals surface area contributed by atoms with Gasteiger partial charge in [0.15, 0.2) is 9.84 Å². The fourth-order valence-electron chi connectivity index (χ4n) is 1.84. The first-order chi connectivity index (χ1) is 9.35. The Hall–Kier alpha value is -1.40. The normalized spacial score (nSPS) is 20.0. The Morgan fingerprint density at radius 1 is 1.45 bits per heavy atom. The summed E-state index contributed by atoms with van der Waals surface area (Å²) < 4.78 is 40.2. The molecule has 0 bridgehead atoms. The van der Waals surface area contributed by atoms with E-state index in [-0.39, 0.29) is 29.7 Å². The van der Waals surface area contributed by atoms with Crippen LogP contribution in [-0.4, -0.2) is 20.1 Å². The number of rotatable bonds is 4. The molecule has 1 atom stereocenters. The third-order valence-corrected chi connectivity index (χ3v) is 4.65. The monoisotopic (exact) mass is 318 g/mol. The number of halogens is 2. The van der Waals surface area contributed by atoms with Crippen LogP contribution in [0.25, 0.3) is 0 Å². The van der Waals surface area contributed by atoms with Crippen molar-refractivity contribution < 1.29 is 22.3 Å². The molecule has 1 aromatic carbocycles. The van der Waals surface area contributed by atoms with Crippen molar-refractivity contribution in [1.29, 1.82) is 0 Å². The van der Waals surface area contributed by atoms with Crippen LogP contribution in [0.1, 0.15) is 12.0 Å². The topological polar surface area (TPSA) is 60.4 Å². The van der Waals surface area contributed by atoms with Crippen LogP contribution in [0.3, 0.4) is 0 Å². The van der Waals surface area contributed by atoms with Crippen molar-refractivity contribution in [2.45, 2.75) is 13.0 Å². The molecule has 2 rings (SSSR count). The van der Waals surface area contributed by atoms with Crippen molar-refractivity contribution in [3.63, 3.8) is 0 Å². The van der Waals surface area contributed by atoms with Gasteiger partial charge in [-0.05, 0) is 12.1 Å². The Labute approximate surface area is 121 Å². The van der Waals surface area contributed by atoms with E-state index in [1.807, 2.05) is 0 Å². The first-order valence-electron chi connectivity index (χ1n) is 5.86. The Bertz CT molecular complexity index is 654. The van der Waals surface area contributed by atoms with Gasteiger partial charge in [0.05, 0.1) is 17.2 Å². The maximum atomic E-state index is 12.8. The standard InChI is InChI=1S/C13H12ClFO4S/c14-12-6-11(15)2-1-10(12)7-19-13(16)5-9-3-4-20(17,18)8-9/h1-4,6,9H,5,7-8H2/t9-/m1/s1. The number of hydrogen-bond acceptors (Lipinski definition) is 4. The first kappa shape index (κ1) is 15.0. The summed E-state index contributed by atoms with van der Waals surface area (Å²) in [6.45, 7) is -0.0683. The SMILES string of the molecule is O=C(C[C@H]1C=CS(=O)(=O)C1)OCc1ccc(F)cc1Cl. The number of carbonyl (C=O) groups excluding carboxylic acids is 1. The van der Waals surface area contributed by atoms with E-state index in [4.69, 9.17) is 16.3 Å². The molecule has 7 heteroatoms. The van der Waals surface area contributed by atoms with Crippen LogP contribution in [-0.2, 0) is 26.0 Å². The summed E-state index contributed by atoms with van der Waals surface area (Å²) in [7, 11) is -3.17. The smallest absolute Gasteiger partial charge is 0.306 e. The molecule has 0 aromatic heterocycles. The molecule has 1 aliphatic rings. The summed E-state index contributed by atoms with van der Waals surface area (Å²) in [5.74, 6) is -1.40. The lowest BCUT2D eigenvalue weighted by molar-refractivity contribution is -0.145. The average molecular weight is 319 g/mol. The third kappa shape index (κ3) is 4.05. The van der Waals surface area contributed by atoms with Crippen LogP contribution in [0.15, 0.2) is 29.7 Å². The minimum absolute atomic E-state index is 0.00541. The van der Waals surface area contributed by atoms with Crippen molar-refractivity contribution in [3.8, 4) is 0 Å². The van der Waals surface area contributed by atoms with Crippen LogP contribution in [0, 0.1) is 11.7 Å².